The number of rotatable bonds is 22. The van der Waals surface area contributed by atoms with E-state index < -0.39 is 120 Å². The van der Waals surface area contributed by atoms with Gasteiger partial charge in [-0.1, -0.05) is 69.5 Å². The molecule has 8 N–H and O–H groups in total. The molecule has 4 heterocycles. The van der Waals surface area contributed by atoms with E-state index >= 15 is 0 Å². The molecule has 3 saturated heterocycles. The third-order valence-electron chi connectivity index (χ3n) is 16.5. The number of ether oxygens (including phenoxy) is 5. The number of fused-ring (bicyclic) bond motifs is 5. The Labute approximate surface area is 512 Å². The second-order valence-corrected chi connectivity index (χ2v) is 23.8. The quantitative estimate of drug-likeness (QED) is 0.0360. The van der Waals surface area contributed by atoms with E-state index in [1.165, 1.54) is 69.3 Å². The third kappa shape index (κ3) is 17.3. The highest BCUT2D eigenvalue weighted by Gasteiger charge is 2.64. The smallest absolute Gasteiger partial charge is 0.409 e. The number of nitrogens with one attached hydrogen (secondary N) is 5. The van der Waals surface area contributed by atoms with Crippen molar-refractivity contribution in [2.24, 2.45) is 23.5 Å². The van der Waals surface area contributed by atoms with Gasteiger partial charge < -0.3 is 65.6 Å². The minimum atomic E-state index is -1.92. The zero-order valence-corrected chi connectivity index (χ0v) is 52.1. The first-order valence-corrected chi connectivity index (χ1v) is 29.6. The molecule has 1 unspecified atom stereocenters. The number of hydrogen-bond donors (Lipinski definition) is 7. The number of aliphatic hydroxyl groups is 1. The molecule has 0 spiro atoms. The van der Waals surface area contributed by atoms with Crippen LogP contribution in [0.4, 0.5) is 21.0 Å². The van der Waals surface area contributed by atoms with Crippen molar-refractivity contribution in [1.82, 2.24) is 31.1 Å². The van der Waals surface area contributed by atoms with Gasteiger partial charge in [0.25, 0.3) is 5.91 Å². The number of likely N-dealkylation sites (tertiary alicyclic amines) is 1. The van der Waals surface area contributed by atoms with Crippen LogP contribution < -0.4 is 42.0 Å². The van der Waals surface area contributed by atoms with E-state index in [1.807, 2.05) is 13.0 Å². The lowest BCUT2D eigenvalue weighted by atomic mass is 9.83. The lowest BCUT2D eigenvalue weighted by Crippen LogP contribution is -2.63. The molecule has 2 aromatic rings. The Balaban J connectivity index is 1.14. The molecule has 4 aliphatic heterocycles. The number of alkyl carbamates (subject to hydrolysis) is 1. The first-order chi connectivity index (χ1) is 41.0. The number of nitrogens with two attached hydrogens (primary N) is 1. The lowest BCUT2D eigenvalue weighted by Gasteiger charge is -2.42. The molecule has 0 aliphatic carbocycles. The maximum Gasteiger partial charge on any atom is 0.409 e. The van der Waals surface area contributed by atoms with Gasteiger partial charge in [-0.3, -0.25) is 43.8 Å². The van der Waals surface area contributed by atoms with Gasteiger partial charge in [0.1, 0.15) is 52.8 Å². The molecule has 87 heavy (non-hydrogen) atoms. The van der Waals surface area contributed by atoms with E-state index in [0.717, 1.165) is 16.0 Å². The summed E-state index contributed by atoms with van der Waals surface area (Å²) >= 11 is 6.85. The van der Waals surface area contributed by atoms with Crippen molar-refractivity contribution in [2.45, 2.75) is 167 Å². The highest BCUT2D eigenvalue weighted by molar-refractivity contribution is 6.35. The van der Waals surface area contributed by atoms with Crippen LogP contribution in [-0.4, -0.2) is 170 Å². The Bertz CT molecular complexity index is 2980. The molecule has 0 radical (unpaired) electrons. The van der Waals surface area contributed by atoms with E-state index in [0.29, 0.717) is 37.1 Å². The minimum Gasteiger partial charge on any atom is -0.495 e. The van der Waals surface area contributed by atoms with E-state index in [1.54, 1.807) is 58.9 Å². The second kappa shape index (κ2) is 29.9. The van der Waals surface area contributed by atoms with Gasteiger partial charge in [0.05, 0.1) is 25.3 Å². The molecular formula is C61H84ClN9O16. The van der Waals surface area contributed by atoms with Crippen molar-refractivity contribution in [3.05, 3.63) is 76.3 Å². The monoisotopic (exact) mass is 1230 g/mol. The molecule has 11 atom stereocenters. The molecule has 476 valence electrons. The second-order valence-electron chi connectivity index (χ2n) is 23.5. The van der Waals surface area contributed by atoms with Crippen LogP contribution in [0.2, 0.25) is 5.02 Å². The van der Waals surface area contributed by atoms with Crippen molar-refractivity contribution in [3.63, 3.8) is 0 Å². The highest BCUT2D eigenvalue weighted by Crippen LogP contribution is 2.49. The molecule has 10 amide bonds. The Hall–Kier alpha value is -7.61. The highest BCUT2D eigenvalue weighted by atomic mass is 35.5. The first-order valence-electron chi connectivity index (χ1n) is 29.3. The average Bonchev–Trinajstić information content (AvgIpc) is 1.60. The lowest BCUT2D eigenvalue weighted by molar-refractivity contribution is -0.158. The van der Waals surface area contributed by atoms with Crippen molar-refractivity contribution >= 4 is 82.4 Å². The van der Waals surface area contributed by atoms with Crippen LogP contribution >= 0.6 is 11.6 Å². The van der Waals surface area contributed by atoms with Crippen LogP contribution in [0.1, 0.15) is 122 Å². The molecule has 26 heteroatoms. The van der Waals surface area contributed by atoms with Crippen LogP contribution in [0.3, 0.4) is 0 Å². The normalized spacial score (nSPS) is 25.9. The fraction of sp³-hybridized carbons (Fsp3) is 0.574. The third-order valence-corrected chi connectivity index (χ3v) is 16.9. The summed E-state index contributed by atoms with van der Waals surface area (Å²) in [6.07, 6.45) is 2.10. The number of methoxy groups -OCH3 is 2. The summed E-state index contributed by atoms with van der Waals surface area (Å²) in [4.78, 5) is 136. The maximum absolute atomic E-state index is 14.5. The standard InChI is InChI=1S/C61H84ClN9O16/c1-33(2)51(67-47(72)20-13-12-14-26-71-49(74)28-35(4)55(71)77)54(76)66-41(18-16-25-64-58(63)80)53(75)65-40-23-21-39(22-24-40)56(78)69(8)37(6)57(79)86-46-31-48(73)70(9)42-29-38(30-43(83-10)50(42)62)27-34(3)17-15-19-45(84-11)61(82)32-44(85-59(81)68-61)36(5)52-60(46,7)87-52/h15,17,19,21-24,29-30,33,35-37,41,44-46,51-52,82H,12-14,16,18,20,25-28,31-32H2,1-11H3,(H,65,75)(H,66,76)(H,67,72)(H,68,81)(H3,63,64,80)/b19-15+,34-17+/t35?,36-,37+,41+,44+,45-,46+,51+,52+,60+,61+/m1/s1. The predicted molar refractivity (Wildman–Crippen MR) is 320 cm³/mol. The van der Waals surface area contributed by atoms with Crippen LogP contribution in [-0.2, 0) is 58.9 Å². The van der Waals surface area contributed by atoms with E-state index in [9.17, 15) is 53.1 Å². The summed E-state index contributed by atoms with van der Waals surface area (Å²) in [6, 6.07) is 5.03. The number of epoxide rings is 1. The number of benzene rings is 2. The first kappa shape index (κ1) is 68.5. The Kier molecular flexibility index (Phi) is 23.5. The van der Waals surface area contributed by atoms with Gasteiger partial charge in [0.15, 0.2) is 5.72 Å². The van der Waals surface area contributed by atoms with Crippen LogP contribution in [0.25, 0.3) is 0 Å². The molecule has 25 nitrogen and oxygen atoms in total. The molecule has 6 rings (SSSR count). The molecule has 4 bridgehead atoms. The van der Waals surface area contributed by atoms with Crippen molar-refractivity contribution < 1.29 is 76.7 Å². The molecule has 3 fully saturated rings. The zero-order valence-electron chi connectivity index (χ0n) is 51.3. The summed E-state index contributed by atoms with van der Waals surface area (Å²) in [6.45, 7) is 12.3. The van der Waals surface area contributed by atoms with Crippen molar-refractivity contribution in [1.29, 1.82) is 0 Å². The van der Waals surface area contributed by atoms with Gasteiger partial charge in [-0.25, -0.2) is 14.4 Å². The van der Waals surface area contributed by atoms with Gasteiger partial charge in [-0.2, -0.15) is 0 Å². The summed E-state index contributed by atoms with van der Waals surface area (Å²) in [5, 5.41) is 25.3. The Morgan fingerprint density at radius 3 is 2.29 bits per heavy atom. The molecule has 0 saturated carbocycles. The number of esters is 1. The summed E-state index contributed by atoms with van der Waals surface area (Å²) in [7, 11) is 5.77. The number of carbonyl (C=O) groups excluding carboxylic acids is 10. The fourth-order valence-corrected chi connectivity index (χ4v) is 11.3. The number of nitrogens with zero attached hydrogens (tertiary/aromatic N) is 3. The largest absolute Gasteiger partial charge is 0.495 e. The van der Waals surface area contributed by atoms with Crippen molar-refractivity contribution in [2.75, 3.05) is 51.6 Å². The van der Waals surface area contributed by atoms with E-state index in [4.69, 9.17) is 41.0 Å². The number of imide groups is 1. The Morgan fingerprint density at radius 2 is 1.66 bits per heavy atom. The number of anilines is 2. The SMILES string of the molecule is COc1cc2cc(c1Cl)N(C)C(=O)C[C@H](OC(=O)[C@H](C)N(C)C(=O)c1ccc(NC(=O)[C@H](CCCNC(N)=O)NC(=O)[C@@H](NC(=O)CCCCCN3C(=O)CC(C)C3=O)C(C)C)cc1)[C@]1(C)O[C@H]1[C@H](C)[C@@H]1C[C@@](O)(NC(=O)O1)[C@H](OC)/C=C/C=C(\C)C2. The fourth-order valence-electron chi connectivity index (χ4n) is 11.0. The molecule has 2 aromatic carbocycles. The van der Waals surface area contributed by atoms with Crippen LogP contribution in [0, 0.1) is 17.8 Å². The van der Waals surface area contributed by atoms with Crippen LogP contribution in [0.15, 0.2) is 60.2 Å². The number of allylic oxidation sites excluding steroid dienone is 3. The van der Waals surface area contributed by atoms with E-state index in [2.05, 4.69) is 26.6 Å². The number of halogens is 1. The molecular weight excluding hydrogens is 1150 g/mol. The molecule has 0 aromatic heterocycles. The zero-order chi connectivity index (χ0) is 64.2. The van der Waals surface area contributed by atoms with Gasteiger partial charge in [-0.05, 0) is 101 Å². The average molecular weight is 1230 g/mol. The summed E-state index contributed by atoms with van der Waals surface area (Å²) in [5.74, 6) is -5.19. The number of urea groups is 1. The topological polar surface area (TPSA) is 336 Å². The van der Waals surface area contributed by atoms with Gasteiger partial charge in [-0.15, -0.1) is 0 Å². The molecule has 4 aliphatic rings. The van der Waals surface area contributed by atoms with Gasteiger partial charge in [0.2, 0.25) is 35.4 Å². The minimum absolute atomic E-state index is 0.0455. The maximum atomic E-state index is 14.5. The van der Waals surface area contributed by atoms with Gasteiger partial charge >= 0.3 is 18.1 Å². The number of amides is 10. The predicted octanol–water partition coefficient (Wildman–Crippen LogP) is 4.80. The summed E-state index contributed by atoms with van der Waals surface area (Å²) < 4.78 is 29.6. The number of likely N-dealkylation sites (N-methyl/N-ethyl adjacent to an activating group) is 1. The number of primary amides is 1. The number of unbranched alkanes of at least 4 members (excludes halogenated alkanes) is 2. The van der Waals surface area contributed by atoms with Gasteiger partial charge in [0, 0.05) is 76.6 Å². The van der Waals surface area contributed by atoms with E-state index in [-0.39, 0.29) is 79.2 Å². The Morgan fingerprint density at radius 1 is 0.954 bits per heavy atom. The summed E-state index contributed by atoms with van der Waals surface area (Å²) in [5.41, 5.74) is 4.24. The van der Waals surface area contributed by atoms with Crippen molar-refractivity contribution in [3.8, 4) is 5.75 Å². The number of carbonyl (C=O) groups is 10. The number of hydrogen-bond acceptors (Lipinski definition) is 16. The van der Waals surface area contributed by atoms with Crippen LogP contribution in [0.5, 0.6) is 5.75 Å².